The number of unbranched alkanes of at least 4 members (excludes halogenated alkanes) is 9. The molecular formula is C27H43. The van der Waals surface area contributed by atoms with Gasteiger partial charge in [0.2, 0.25) is 0 Å². The van der Waals surface area contributed by atoms with Gasteiger partial charge < -0.3 is 0 Å². The molecule has 1 aliphatic rings. The van der Waals surface area contributed by atoms with Gasteiger partial charge in [0.15, 0.2) is 0 Å². The molecule has 2 rings (SSSR count). The molecule has 0 unspecified atom stereocenters. The number of hydrogen-bond acceptors (Lipinski definition) is 0. The largest absolute Gasteiger partial charge is 0.0654 e. The van der Waals surface area contributed by atoms with Crippen LogP contribution in [-0.2, 0) is 0 Å². The quantitative estimate of drug-likeness (QED) is 0.271. The van der Waals surface area contributed by atoms with Crippen LogP contribution in [0.3, 0.4) is 0 Å². The van der Waals surface area contributed by atoms with Crippen LogP contribution in [0.15, 0.2) is 29.8 Å². The Balaban J connectivity index is 2.14. The maximum absolute atomic E-state index is 2.40. The first-order chi connectivity index (χ1) is 13.3. The molecular weight excluding hydrogens is 324 g/mol. The minimum absolute atomic E-state index is 1.29. The Morgan fingerprint density at radius 2 is 0.963 bits per heavy atom. The van der Waals surface area contributed by atoms with Gasteiger partial charge in [-0.2, -0.15) is 0 Å². The average Bonchev–Trinajstić information content (AvgIpc) is 2.99. The number of allylic oxidation sites excluding steroid dienone is 2. The minimum Gasteiger partial charge on any atom is -0.0654 e. The second-order valence-corrected chi connectivity index (χ2v) is 8.41. The van der Waals surface area contributed by atoms with Crippen LogP contribution in [-0.4, -0.2) is 0 Å². The number of fused-ring (bicyclic) bond motifs is 1. The van der Waals surface area contributed by atoms with Crippen LogP contribution < -0.4 is 0 Å². The van der Waals surface area contributed by atoms with Crippen LogP contribution in [0.4, 0.5) is 0 Å². The first-order valence-electron chi connectivity index (χ1n) is 12.0. The monoisotopic (exact) mass is 367 g/mol. The fraction of sp³-hybridized carbons (Fsp3) is 0.667. The fourth-order valence-electron chi connectivity index (χ4n) is 4.58. The van der Waals surface area contributed by atoms with Crippen LogP contribution in [0.1, 0.15) is 128 Å². The van der Waals surface area contributed by atoms with E-state index in [2.05, 4.69) is 45.0 Å². The highest BCUT2D eigenvalue weighted by molar-refractivity contribution is 5.83. The van der Waals surface area contributed by atoms with Crippen molar-refractivity contribution < 1.29 is 0 Å². The molecule has 27 heavy (non-hydrogen) atoms. The highest BCUT2D eigenvalue weighted by atomic mass is 14.3. The van der Waals surface area contributed by atoms with Gasteiger partial charge in [0.1, 0.15) is 0 Å². The fourth-order valence-corrected chi connectivity index (χ4v) is 4.58. The van der Waals surface area contributed by atoms with Crippen molar-refractivity contribution in [2.45, 2.75) is 117 Å². The summed E-state index contributed by atoms with van der Waals surface area (Å²) in [6, 6.07) is 9.30. The van der Waals surface area contributed by atoms with Gasteiger partial charge in [-0.15, -0.1) is 0 Å². The Labute approximate surface area is 169 Å². The molecule has 0 saturated carbocycles. The van der Waals surface area contributed by atoms with Crippen LogP contribution >= 0.6 is 0 Å². The van der Waals surface area contributed by atoms with Crippen molar-refractivity contribution in [3.8, 4) is 0 Å². The molecule has 0 aliphatic heterocycles. The van der Waals surface area contributed by atoms with E-state index in [1.54, 1.807) is 28.2 Å². The third-order valence-electron chi connectivity index (χ3n) is 6.15. The van der Waals surface area contributed by atoms with Crippen molar-refractivity contribution in [3.05, 3.63) is 46.9 Å². The van der Waals surface area contributed by atoms with E-state index in [9.17, 15) is 0 Å². The molecule has 0 saturated heterocycles. The van der Waals surface area contributed by atoms with Crippen molar-refractivity contribution >= 4 is 5.57 Å². The van der Waals surface area contributed by atoms with Crippen LogP contribution in [0, 0.1) is 5.92 Å². The molecule has 0 heteroatoms. The maximum atomic E-state index is 2.40. The number of benzene rings is 1. The Kier molecular flexibility index (Phi) is 10.9. The van der Waals surface area contributed by atoms with Crippen molar-refractivity contribution in [2.24, 2.45) is 0 Å². The number of hydrogen-bond donors (Lipinski definition) is 0. The molecule has 1 aromatic carbocycles. The molecule has 0 amide bonds. The van der Waals surface area contributed by atoms with Gasteiger partial charge in [0.05, 0.1) is 0 Å². The van der Waals surface area contributed by atoms with Gasteiger partial charge >= 0.3 is 0 Å². The first-order valence-corrected chi connectivity index (χ1v) is 12.0. The van der Waals surface area contributed by atoms with E-state index >= 15 is 0 Å². The van der Waals surface area contributed by atoms with Gasteiger partial charge in [-0.25, -0.2) is 0 Å². The molecule has 1 aromatic rings. The van der Waals surface area contributed by atoms with E-state index in [4.69, 9.17) is 0 Å². The third kappa shape index (κ3) is 6.81. The Bertz CT molecular complexity index is 551. The molecule has 0 spiro atoms. The second-order valence-electron chi connectivity index (χ2n) is 8.41. The lowest BCUT2D eigenvalue weighted by molar-refractivity contribution is 0.632. The van der Waals surface area contributed by atoms with Crippen molar-refractivity contribution in [1.29, 1.82) is 0 Å². The number of rotatable bonds is 15. The van der Waals surface area contributed by atoms with Gasteiger partial charge in [-0.3, -0.25) is 0 Å². The van der Waals surface area contributed by atoms with E-state index in [1.165, 1.54) is 96.3 Å². The highest BCUT2D eigenvalue weighted by Gasteiger charge is 2.30. The van der Waals surface area contributed by atoms with Crippen LogP contribution in [0.25, 0.3) is 5.57 Å². The van der Waals surface area contributed by atoms with Gasteiger partial charge in [0.25, 0.3) is 0 Å². The summed E-state index contributed by atoms with van der Waals surface area (Å²) >= 11 is 0. The smallest absolute Gasteiger partial charge is 0.0308 e. The normalized spacial score (nSPS) is 14.2. The summed E-state index contributed by atoms with van der Waals surface area (Å²) in [6.07, 6.45) is 20.3. The third-order valence-corrected chi connectivity index (χ3v) is 6.15. The lowest BCUT2D eigenvalue weighted by Gasteiger charge is -2.17. The van der Waals surface area contributed by atoms with Crippen LogP contribution in [0.5, 0.6) is 0 Å². The summed E-state index contributed by atoms with van der Waals surface area (Å²) in [7, 11) is 0. The summed E-state index contributed by atoms with van der Waals surface area (Å²) < 4.78 is 0. The summed E-state index contributed by atoms with van der Waals surface area (Å²) in [5.41, 5.74) is 6.61. The zero-order valence-corrected chi connectivity index (χ0v) is 18.4. The Morgan fingerprint density at radius 3 is 1.52 bits per heavy atom. The van der Waals surface area contributed by atoms with Crippen molar-refractivity contribution in [3.63, 3.8) is 0 Å². The van der Waals surface area contributed by atoms with E-state index < -0.39 is 0 Å². The zero-order valence-electron chi connectivity index (χ0n) is 18.4. The summed E-state index contributed by atoms with van der Waals surface area (Å²) in [6.45, 7) is 6.94. The van der Waals surface area contributed by atoms with Crippen molar-refractivity contribution in [2.75, 3.05) is 0 Å². The molecule has 151 valence electrons. The standard InChI is InChI=1S/C27H43/c1-4-7-10-13-18-23-24(19-14-11-8-5-2)26-21-16-17-22-27(26)25(23)20-15-12-9-6-3/h16-17,21-22H,4-15,18-20H2,1-3H3. The Morgan fingerprint density at radius 1 is 0.481 bits per heavy atom. The second kappa shape index (κ2) is 13.2. The minimum atomic E-state index is 1.29. The van der Waals surface area contributed by atoms with Gasteiger partial charge in [0, 0.05) is 5.92 Å². The molecule has 0 nitrogen and oxygen atoms in total. The lowest BCUT2D eigenvalue weighted by atomic mass is 9.87. The van der Waals surface area contributed by atoms with E-state index in [-0.39, 0.29) is 0 Å². The lowest BCUT2D eigenvalue weighted by Crippen LogP contribution is -2.01. The molecule has 0 aromatic heterocycles. The SMILES string of the molecule is CCCCCC[C]1C(CCCCCC)=C(CCCCCC)c2ccccc21. The average molecular weight is 368 g/mol. The predicted octanol–water partition coefficient (Wildman–Crippen LogP) is 9.29. The predicted molar refractivity (Wildman–Crippen MR) is 122 cm³/mol. The van der Waals surface area contributed by atoms with E-state index in [0.717, 1.165) is 0 Å². The Hall–Kier alpha value is -1.04. The van der Waals surface area contributed by atoms with Crippen LogP contribution in [0.2, 0.25) is 0 Å². The molecule has 0 heterocycles. The van der Waals surface area contributed by atoms with Gasteiger partial charge in [-0.05, 0) is 48.8 Å². The summed E-state index contributed by atoms with van der Waals surface area (Å²) in [5.74, 6) is 1.71. The molecule has 0 atom stereocenters. The van der Waals surface area contributed by atoms with E-state index in [1.807, 2.05) is 0 Å². The van der Waals surface area contributed by atoms with E-state index in [0.29, 0.717) is 0 Å². The molecule has 0 bridgehead atoms. The summed E-state index contributed by atoms with van der Waals surface area (Å²) in [4.78, 5) is 0. The highest BCUT2D eigenvalue weighted by Crippen LogP contribution is 2.47. The molecule has 0 N–H and O–H groups in total. The topological polar surface area (TPSA) is 0 Å². The zero-order chi connectivity index (χ0) is 19.3. The maximum Gasteiger partial charge on any atom is 0.0308 e. The van der Waals surface area contributed by atoms with Gasteiger partial charge in [-0.1, -0.05) is 115 Å². The van der Waals surface area contributed by atoms with Crippen molar-refractivity contribution in [1.82, 2.24) is 0 Å². The first kappa shape index (κ1) is 22.3. The summed E-state index contributed by atoms with van der Waals surface area (Å²) in [5, 5.41) is 0. The molecule has 1 radical (unpaired) electrons. The molecule has 0 fully saturated rings. The molecule has 1 aliphatic carbocycles.